The molecule has 0 saturated carbocycles. The first kappa shape index (κ1) is 18.7. The molecule has 0 aliphatic carbocycles. The van der Waals surface area contributed by atoms with Crippen molar-refractivity contribution in [2.75, 3.05) is 29.1 Å². The molecule has 1 aliphatic heterocycles. The number of nitrogens with one attached hydrogen (secondary N) is 1. The molecule has 0 spiro atoms. The minimum atomic E-state index is -3.44. The molecule has 27 heavy (non-hydrogen) atoms. The summed E-state index contributed by atoms with van der Waals surface area (Å²) in [5.74, 6) is -0.826. The Hall–Kier alpha value is -3.07. The van der Waals surface area contributed by atoms with Crippen LogP contribution < -0.4 is 15.0 Å². The van der Waals surface area contributed by atoms with Crippen molar-refractivity contribution in [2.24, 2.45) is 0 Å². The zero-order valence-electron chi connectivity index (χ0n) is 14.5. The molecule has 0 atom stereocenters. The van der Waals surface area contributed by atoms with Gasteiger partial charge in [-0.3, -0.25) is 4.79 Å². The van der Waals surface area contributed by atoms with Crippen LogP contribution in [0.3, 0.4) is 0 Å². The third-order valence-electron chi connectivity index (χ3n) is 4.04. The summed E-state index contributed by atoms with van der Waals surface area (Å²) in [6, 6.07) is 10.2. The molecule has 0 unspecified atom stereocenters. The fraction of sp³-hybridized carbons (Fsp3) is 0.222. The summed E-state index contributed by atoms with van der Waals surface area (Å²) in [7, 11) is -3.44. The minimum Gasteiger partial charge on any atom is -0.508 e. The van der Waals surface area contributed by atoms with Crippen molar-refractivity contribution in [3.05, 3.63) is 42.5 Å². The summed E-state index contributed by atoms with van der Waals surface area (Å²) in [6.45, 7) is 1.28. The van der Waals surface area contributed by atoms with E-state index < -0.39 is 15.8 Å². The number of phenols is 1. The lowest BCUT2D eigenvalue weighted by molar-refractivity contribution is -0.133. The number of sulfone groups is 1. The van der Waals surface area contributed by atoms with Gasteiger partial charge in [0.25, 0.3) is 0 Å². The van der Waals surface area contributed by atoms with Crippen molar-refractivity contribution in [3.63, 3.8) is 0 Å². The Morgan fingerprint density at radius 3 is 2.59 bits per heavy atom. The maximum atomic E-state index is 12.3. The van der Waals surface area contributed by atoms with Gasteiger partial charge >= 0.3 is 5.97 Å². The number of esters is 1. The fourth-order valence-electron chi connectivity index (χ4n) is 2.65. The normalized spacial score (nSPS) is 13.7. The number of hydrogen-bond donors (Lipinski definition) is 2. The van der Waals surface area contributed by atoms with Crippen molar-refractivity contribution in [1.82, 2.24) is 0 Å². The van der Waals surface area contributed by atoms with E-state index >= 15 is 0 Å². The second-order valence-corrected chi connectivity index (χ2v) is 8.24. The molecule has 142 valence electrons. The van der Waals surface area contributed by atoms with E-state index in [2.05, 4.69) is 5.32 Å². The van der Waals surface area contributed by atoms with E-state index in [4.69, 9.17) is 4.74 Å². The molecule has 0 saturated heterocycles. The van der Waals surface area contributed by atoms with Gasteiger partial charge in [0.1, 0.15) is 12.3 Å². The number of fused-ring (bicyclic) bond motifs is 1. The minimum absolute atomic E-state index is 0.0620. The number of hydrogen-bond acceptors (Lipinski definition) is 7. The van der Waals surface area contributed by atoms with E-state index in [-0.39, 0.29) is 41.1 Å². The number of ether oxygens (including phenoxy) is 1. The average Bonchev–Trinajstić information content (AvgIpc) is 2.63. The number of anilines is 2. The Bertz CT molecular complexity index is 985. The summed E-state index contributed by atoms with van der Waals surface area (Å²) in [5, 5.41) is 11.9. The number of carbonyl (C=O) groups is 2. The molecule has 9 heteroatoms. The Morgan fingerprint density at radius 2 is 1.93 bits per heavy atom. The quantitative estimate of drug-likeness (QED) is 0.452. The van der Waals surface area contributed by atoms with E-state index in [1.165, 1.54) is 42.2 Å². The number of rotatable bonds is 5. The Kier molecular flexibility index (Phi) is 5.04. The maximum Gasteiger partial charge on any atom is 0.331 e. The third-order valence-corrected chi connectivity index (χ3v) is 5.77. The molecule has 3 rings (SSSR count). The van der Waals surface area contributed by atoms with Gasteiger partial charge in [-0.15, -0.1) is 0 Å². The second kappa shape index (κ2) is 7.28. The first-order valence-electron chi connectivity index (χ1n) is 8.20. The summed E-state index contributed by atoms with van der Waals surface area (Å²) in [6.07, 6.45) is 0. The molecular formula is C18H18N2O6S. The second-order valence-electron chi connectivity index (χ2n) is 5.96. The predicted octanol–water partition coefficient (Wildman–Crippen LogP) is 1.55. The monoisotopic (exact) mass is 390 g/mol. The maximum absolute atomic E-state index is 12.3. The van der Waals surface area contributed by atoms with Gasteiger partial charge in [-0.25, -0.2) is 13.2 Å². The first-order chi connectivity index (χ1) is 12.8. The van der Waals surface area contributed by atoms with Gasteiger partial charge in [-0.05, 0) is 36.4 Å². The standard InChI is InChI=1S/C18H18N2O6S/c1-2-27(24,25)14-7-8-15-16(9-14)26-18(23)11-20(15)10-17(22)19-12-3-5-13(21)6-4-12/h3-9,21H,2,10-11H2,1H3,(H,19,22). The van der Waals surface area contributed by atoms with E-state index in [1.54, 1.807) is 12.1 Å². The third kappa shape index (κ3) is 4.20. The average molecular weight is 390 g/mol. The van der Waals surface area contributed by atoms with E-state index in [0.29, 0.717) is 11.4 Å². The molecule has 2 N–H and O–H groups in total. The highest BCUT2D eigenvalue weighted by atomic mass is 32.2. The van der Waals surface area contributed by atoms with Crippen molar-refractivity contribution < 1.29 is 27.9 Å². The van der Waals surface area contributed by atoms with Gasteiger partial charge in [-0.1, -0.05) is 6.92 Å². The number of benzene rings is 2. The molecule has 0 aromatic heterocycles. The molecule has 1 heterocycles. The molecular weight excluding hydrogens is 372 g/mol. The molecule has 8 nitrogen and oxygen atoms in total. The van der Waals surface area contributed by atoms with Crippen molar-refractivity contribution >= 4 is 33.1 Å². The summed E-state index contributed by atoms with van der Waals surface area (Å²) < 4.78 is 29.2. The zero-order chi connectivity index (χ0) is 19.6. The Labute approximate surface area is 156 Å². The van der Waals surface area contributed by atoms with Crippen molar-refractivity contribution in [3.8, 4) is 11.5 Å². The number of phenolic OH excluding ortho intramolecular Hbond substituents is 1. The van der Waals surface area contributed by atoms with Crippen molar-refractivity contribution in [1.29, 1.82) is 0 Å². The number of carbonyl (C=O) groups excluding carboxylic acids is 2. The lowest BCUT2D eigenvalue weighted by Gasteiger charge is -2.29. The largest absolute Gasteiger partial charge is 0.508 e. The lowest BCUT2D eigenvalue weighted by Crippen LogP contribution is -2.41. The molecule has 1 amide bonds. The highest BCUT2D eigenvalue weighted by Crippen LogP contribution is 2.34. The molecule has 1 aliphatic rings. The Balaban J connectivity index is 1.80. The number of nitrogens with zero attached hydrogens (tertiary/aromatic N) is 1. The molecule has 0 fully saturated rings. The predicted molar refractivity (Wildman–Crippen MR) is 98.8 cm³/mol. The molecule has 2 aromatic rings. The van der Waals surface area contributed by atoms with Crippen LogP contribution >= 0.6 is 0 Å². The number of amides is 1. The molecule has 2 aromatic carbocycles. The summed E-state index contributed by atoms with van der Waals surface area (Å²) >= 11 is 0. The highest BCUT2D eigenvalue weighted by Gasteiger charge is 2.27. The smallest absolute Gasteiger partial charge is 0.331 e. The van der Waals surface area contributed by atoms with E-state index in [9.17, 15) is 23.1 Å². The van der Waals surface area contributed by atoms with E-state index in [0.717, 1.165) is 0 Å². The van der Waals surface area contributed by atoms with Crippen LogP contribution in [0.4, 0.5) is 11.4 Å². The van der Waals surface area contributed by atoms with Gasteiger partial charge in [-0.2, -0.15) is 0 Å². The van der Waals surface area contributed by atoms with Gasteiger partial charge in [0, 0.05) is 11.8 Å². The number of aromatic hydroxyl groups is 1. The fourth-order valence-corrected chi connectivity index (χ4v) is 3.55. The van der Waals surface area contributed by atoms with Crippen LogP contribution in [0.15, 0.2) is 47.4 Å². The lowest BCUT2D eigenvalue weighted by atomic mass is 10.2. The summed E-state index contributed by atoms with van der Waals surface area (Å²) in [5.41, 5.74) is 0.965. The van der Waals surface area contributed by atoms with Crippen LogP contribution in [-0.4, -0.2) is 44.2 Å². The van der Waals surface area contributed by atoms with Gasteiger partial charge in [0.2, 0.25) is 5.91 Å². The topological polar surface area (TPSA) is 113 Å². The highest BCUT2D eigenvalue weighted by molar-refractivity contribution is 7.91. The SMILES string of the molecule is CCS(=O)(=O)c1ccc2c(c1)OC(=O)CN2CC(=O)Nc1ccc(O)cc1. The van der Waals surface area contributed by atoms with Gasteiger partial charge in [0.05, 0.1) is 22.9 Å². The van der Waals surface area contributed by atoms with Crippen LogP contribution in [0.5, 0.6) is 11.5 Å². The summed E-state index contributed by atoms with van der Waals surface area (Å²) in [4.78, 5) is 25.7. The van der Waals surface area contributed by atoms with Crippen LogP contribution in [0.1, 0.15) is 6.92 Å². The van der Waals surface area contributed by atoms with E-state index in [1.807, 2.05) is 0 Å². The van der Waals surface area contributed by atoms with Crippen LogP contribution in [0.25, 0.3) is 0 Å². The first-order valence-corrected chi connectivity index (χ1v) is 9.85. The van der Waals surface area contributed by atoms with Crippen LogP contribution in [0, 0.1) is 0 Å². The zero-order valence-corrected chi connectivity index (χ0v) is 15.3. The van der Waals surface area contributed by atoms with Gasteiger partial charge in [0.15, 0.2) is 15.6 Å². The van der Waals surface area contributed by atoms with Crippen LogP contribution in [-0.2, 0) is 19.4 Å². The van der Waals surface area contributed by atoms with Gasteiger partial charge < -0.3 is 20.1 Å². The Morgan fingerprint density at radius 1 is 1.22 bits per heavy atom. The molecule has 0 bridgehead atoms. The molecule has 0 radical (unpaired) electrons. The van der Waals surface area contributed by atoms with Crippen LogP contribution in [0.2, 0.25) is 0 Å². The van der Waals surface area contributed by atoms with Crippen molar-refractivity contribution in [2.45, 2.75) is 11.8 Å².